The minimum atomic E-state index is -3.53. The molecule has 1 heterocycles. The van der Waals surface area contributed by atoms with Gasteiger partial charge in [0.05, 0.1) is 32.1 Å². The molecule has 0 amide bonds. The molecule has 2 rings (SSSR count). The Morgan fingerprint density at radius 3 is 2.69 bits per heavy atom. The van der Waals surface area contributed by atoms with Crippen LogP contribution >= 0.6 is 11.3 Å². The Hall–Kier alpha value is -2.30. The summed E-state index contributed by atoms with van der Waals surface area (Å²) in [4.78, 5) is 4.30. The van der Waals surface area contributed by atoms with E-state index in [1.807, 2.05) is 19.9 Å². The molecule has 160 valence electrons. The van der Waals surface area contributed by atoms with Gasteiger partial charge in [0.15, 0.2) is 27.3 Å². The van der Waals surface area contributed by atoms with E-state index in [2.05, 4.69) is 15.6 Å². The number of aliphatic hydroxyl groups is 1. The summed E-state index contributed by atoms with van der Waals surface area (Å²) in [5.74, 6) is 1.26. The smallest absolute Gasteiger partial charge is 0.195 e. The van der Waals surface area contributed by atoms with Crippen molar-refractivity contribution in [1.29, 1.82) is 0 Å². The molecule has 1 aromatic carbocycles. The Morgan fingerprint density at radius 2 is 2.07 bits per heavy atom. The maximum Gasteiger partial charge on any atom is 0.195 e. The number of benzene rings is 1. The number of guanidine groups is 1. The zero-order valence-electron chi connectivity index (χ0n) is 16.7. The number of thiophene rings is 1. The minimum Gasteiger partial charge on any atom is -0.493 e. The lowest BCUT2D eigenvalue weighted by Crippen LogP contribution is -2.32. The minimum absolute atomic E-state index is 0.0611. The first-order valence-corrected chi connectivity index (χ1v) is 11.7. The molecule has 2 aromatic rings. The average molecular weight is 442 g/mol. The molecule has 0 aliphatic rings. The molecule has 1 unspecified atom stereocenters. The van der Waals surface area contributed by atoms with Crippen LogP contribution in [0.5, 0.6) is 11.5 Å². The standard InChI is InChI=1S/C19H27N3O5S2/c1-4-20-19(22-14-8-9-16(26-3)17(11-14)27-5-2)21-12-15(23)13-29(24,25)18-7-6-10-28-18/h6-11,15,23H,4-5,12-13H2,1-3H3,(H2,20,21,22). The van der Waals surface area contributed by atoms with E-state index in [1.54, 1.807) is 30.7 Å². The predicted octanol–water partition coefficient (Wildman–Crippen LogP) is 2.37. The molecule has 0 aliphatic carbocycles. The molecule has 8 nitrogen and oxygen atoms in total. The molecule has 1 atom stereocenters. The van der Waals surface area contributed by atoms with Crippen LogP contribution in [0.4, 0.5) is 5.69 Å². The van der Waals surface area contributed by atoms with Crippen LogP contribution in [-0.2, 0) is 9.84 Å². The van der Waals surface area contributed by atoms with E-state index in [0.717, 1.165) is 17.0 Å². The molecule has 3 N–H and O–H groups in total. The largest absolute Gasteiger partial charge is 0.493 e. The van der Waals surface area contributed by atoms with E-state index in [0.29, 0.717) is 30.6 Å². The summed E-state index contributed by atoms with van der Waals surface area (Å²) in [5.41, 5.74) is 0.717. The highest BCUT2D eigenvalue weighted by atomic mass is 32.2. The summed E-state index contributed by atoms with van der Waals surface area (Å²) in [6.45, 7) is 4.84. The number of methoxy groups -OCH3 is 1. The maximum atomic E-state index is 12.3. The Labute approximate surface area is 175 Å². The first-order valence-electron chi connectivity index (χ1n) is 9.20. The maximum absolute atomic E-state index is 12.3. The molecule has 1 aromatic heterocycles. The van der Waals surface area contributed by atoms with Crippen LogP contribution < -0.4 is 20.1 Å². The van der Waals surface area contributed by atoms with Crippen LogP contribution in [0.2, 0.25) is 0 Å². The van der Waals surface area contributed by atoms with Crippen molar-refractivity contribution in [2.75, 3.05) is 37.9 Å². The third kappa shape index (κ3) is 6.91. The Kier molecular flexibility index (Phi) is 8.74. The number of nitrogens with one attached hydrogen (secondary N) is 2. The van der Waals surface area contributed by atoms with E-state index in [9.17, 15) is 13.5 Å². The molecule has 0 saturated carbocycles. The number of rotatable bonds is 10. The fourth-order valence-electron chi connectivity index (χ4n) is 2.49. The summed E-state index contributed by atoms with van der Waals surface area (Å²) in [6.07, 6.45) is -1.12. The highest BCUT2D eigenvalue weighted by molar-refractivity contribution is 7.93. The zero-order chi connectivity index (χ0) is 21.3. The molecular weight excluding hydrogens is 414 g/mol. The van der Waals surface area contributed by atoms with Crippen molar-refractivity contribution in [1.82, 2.24) is 5.32 Å². The Bertz CT molecular complexity index is 899. The lowest BCUT2D eigenvalue weighted by Gasteiger charge is -2.15. The van der Waals surface area contributed by atoms with Crippen LogP contribution in [-0.4, -0.2) is 58.1 Å². The third-order valence-corrected chi connectivity index (χ3v) is 7.03. The highest BCUT2D eigenvalue weighted by Crippen LogP contribution is 2.30. The number of ether oxygens (including phenoxy) is 2. The van der Waals surface area contributed by atoms with Gasteiger partial charge in [-0.25, -0.2) is 8.42 Å². The number of anilines is 1. The molecule has 0 bridgehead atoms. The van der Waals surface area contributed by atoms with Crippen molar-refractivity contribution >= 4 is 32.8 Å². The summed E-state index contributed by atoms with van der Waals surface area (Å²) < 4.78 is 35.6. The zero-order valence-corrected chi connectivity index (χ0v) is 18.3. The topological polar surface area (TPSA) is 109 Å². The van der Waals surface area contributed by atoms with Gasteiger partial charge in [-0.05, 0) is 37.4 Å². The SMILES string of the molecule is CCNC(=NCC(O)CS(=O)(=O)c1cccs1)Nc1ccc(OC)c(OCC)c1. The number of aliphatic hydroxyl groups excluding tert-OH is 1. The lowest BCUT2D eigenvalue weighted by atomic mass is 10.2. The Morgan fingerprint density at radius 1 is 1.28 bits per heavy atom. The van der Waals surface area contributed by atoms with Crippen LogP contribution in [0.15, 0.2) is 44.9 Å². The Balaban J connectivity index is 2.07. The fourth-order valence-corrected chi connectivity index (χ4v) is 4.96. The van der Waals surface area contributed by atoms with Gasteiger partial charge < -0.3 is 25.2 Å². The van der Waals surface area contributed by atoms with Crippen molar-refractivity contribution in [2.45, 2.75) is 24.2 Å². The van der Waals surface area contributed by atoms with Gasteiger partial charge in [0.2, 0.25) is 0 Å². The van der Waals surface area contributed by atoms with E-state index in [1.165, 1.54) is 6.07 Å². The number of sulfone groups is 1. The van der Waals surface area contributed by atoms with E-state index >= 15 is 0 Å². The lowest BCUT2D eigenvalue weighted by molar-refractivity contribution is 0.206. The average Bonchev–Trinajstić information content (AvgIpc) is 3.22. The van der Waals surface area contributed by atoms with Crippen molar-refractivity contribution < 1.29 is 23.0 Å². The molecule has 0 spiro atoms. The monoisotopic (exact) mass is 441 g/mol. The third-order valence-electron chi connectivity index (χ3n) is 3.74. The van der Waals surface area contributed by atoms with E-state index in [4.69, 9.17) is 9.47 Å². The van der Waals surface area contributed by atoms with Crippen LogP contribution in [0.1, 0.15) is 13.8 Å². The quantitative estimate of drug-likeness (QED) is 0.384. The van der Waals surface area contributed by atoms with Gasteiger partial charge in [-0.1, -0.05) is 6.07 Å². The number of hydrogen-bond donors (Lipinski definition) is 3. The summed E-state index contributed by atoms with van der Waals surface area (Å²) in [5, 5.41) is 18.1. The highest BCUT2D eigenvalue weighted by Gasteiger charge is 2.20. The second-order valence-corrected chi connectivity index (χ2v) is 9.22. The van der Waals surface area contributed by atoms with Crippen molar-refractivity contribution in [3.05, 3.63) is 35.7 Å². The molecule has 0 saturated heterocycles. The molecule has 10 heteroatoms. The van der Waals surface area contributed by atoms with Gasteiger partial charge in [0.1, 0.15) is 4.21 Å². The molecule has 29 heavy (non-hydrogen) atoms. The normalized spacial score (nSPS) is 13.0. The molecule has 0 fully saturated rings. The van der Waals surface area contributed by atoms with E-state index < -0.39 is 15.9 Å². The van der Waals surface area contributed by atoms with Crippen molar-refractivity contribution in [2.24, 2.45) is 4.99 Å². The summed E-state index contributed by atoms with van der Waals surface area (Å²) in [7, 11) is -1.96. The van der Waals surface area contributed by atoms with Gasteiger partial charge in [0, 0.05) is 18.3 Å². The molecule has 0 radical (unpaired) electrons. The van der Waals surface area contributed by atoms with Gasteiger partial charge in [-0.15, -0.1) is 11.3 Å². The van der Waals surface area contributed by atoms with Crippen LogP contribution in [0.3, 0.4) is 0 Å². The van der Waals surface area contributed by atoms with Crippen molar-refractivity contribution in [3.8, 4) is 11.5 Å². The fraction of sp³-hybridized carbons (Fsp3) is 0.421. The molecular formula is C19H27N3O5S2. The summed E-state index contributed by atoms with van der Waals surface area (Å²) in [6, 6.07) is 8.57. The van der Waals surface area contributed by atoms with Gasteiger partial charge in [-0.3, -0.25) is 4.99 Å². The van der Waals surface area contributed by atoms with Gasteiger partial charge >= 0.3 is 0 Å². The van der Waals surface area contributed by atoms with Crippen molar-refractivity contribution in [3.63, 3.8) is 0 Å². The number of nitrogens with zero attached hydrogens (tertiary/aromatic N) is 1. The van der Waals surface area contributed by atoms with E-state index in [-0.39, 0.29) is 16.5 Å². The number of hydrogen-bond acceptors (Lipinski definition) is 7. The van der Waals surface area contributed by atoms with Gasteiger partial charge in [0.25, 0.3) is 0 Å². The number of aliphatic imine (C=N–C) groups is 1. The second-order valence-electron chi connectivity index (χ2n) is 6.01. The first-order chi connectivity index (χ1) is 13.9. The summed E-state index contributed by atoms with van der Waals surface area (Å²) >= 11 is 1.13. The predicted molar refractivity (Wildman–Crippen MR) is 116 cm³/mol. The van der Waals surface area contributed by atoms with Crippen LogP contribution in [0.25, 0.3) is 0 Å². The van der Waals surface area contributed by atoms with Gasteiger partial charge in [-0.2, -0.15) is 0 Å². The first kappa shape index (κ1) is 23.0. The van der Waals surface area contributed by atoms with Crippen LogP contribution in [0, 0.1) is 0 Å². The molecule has 0 aliphatic heterocycles. The second kappa shape index (κ2) is 11.0.